The van der Waals surface area contributed by atoms with Crippen molar-refractivity contribution in [3.05, 3.63) is 0 Å². The molecule has 0 bridgehead atoms. The van der Waals surface area contributed by atoms with Crippen molar-refractivity contribution in [2.75, 3.05) is 26.2 Å². The fraction of sp³-hybridized carbons (Fsp3) is 1.00. The molecule has 1 aliphatic carbocycles. The number of aliphatic hydroxyl groups excluding tert-OH is 1. The summed E-state index contributed by atoms with van der Waals surface area (Å²) in [5.41, 5.74) is 0. The summed E-state index contributed by atoms with van der Waals surface area (Å²) in [7, 11) is 0. The van der Waals surface area contributed by atoms with Crippen LogP contribution in [0.1, 0.15) is 32.1 Å². The fourth-order valence-electron chi connectivity index (χ4n) is 2.66. The van der Waals surface area contributed by atoms with Crippen LogP contribution < -0.4 is 5.32 Å². The number of hydrogen-bond donors (Lipinski definition) is 2. The molecule has 0 amide bonds. The molecule has 1 saturated carbocycles. The Kier molecular flexibility index (Phi) is 3.79. The summed E-state index contributed by atoms with van der Waals surface area (Å²) in [6.45, 7) is 4.75. The monoisotopic (exact) mass is 198 g/mol. The van der Waals surface area contributed by atoms with Crippen LogP contribution in [-0.2, 0) is 0 Å². The minimum absolute atomic E-state index is 0.0173. The van der Waals surface area contributed by atoms with Crippen LogP contribution in [0.5, 0.6) is 0 Å². The second kappa shape index (κ2) is 5.10. The number of nitrogens with zero attached hydrogens (tertiary/aromatic N) is 1. The van der Waals surface area contributed by atoms with E-state index in [1.165, 1.54) is 38.9 Å². The SMILES string of the molecule is OC1CCC(N2CCCNCC2)CC1. The normalized spacial score (nSPS) is 36.6. The van der Waals surface area contributed by atoms with Crippen molar-refractivity contribution in [1.29, 1.82) is 0 Å². The lowest BCUT2D eigenvalue weighted by Gasteiger charge is -2.34. The first-order valence-corrected chi connectivity index (χ1v) is 5.99. The molecule has 82 valence electrons. The van der Waals surface area contributed by atoms with E-state index in [9.17, 15) is 5.11 Å². The van der Waals surface area contributed by atoms with Gasteiger partial charge in [-0.2, -0.15) is 0 Å². The third kappa shape index (κ3) is 2.69. The number of nitrogens with one attached hydrogen (secondary N) is 1. The third-order valence-corrected chi connectivity index (χ3v) is 3.56. The molecule has 2 aliphatic rings. The summed E-state index contributed by atoms with van der Waals surface area (Å²) in [5, 5.41) is 12.9. The Morgan fingerprint density at radius 2 is 1.79 bits per heavy atom. The Balaban J connectivity index is 1.81. The van der Waals surface area contributed by atoms with Crippen LogP contribution in [0.15, 0.2) is 0 Å². The predicted molar refractivity (Wildman–Crippen MR) is 57.3 cm³/mol. The molecular weight excluding hydrogens is 176 g/mol. The Labute approximate surface area is 86.5 Å². The van der Waals surface area contributed by atoms with Crippen LogP contribution in [0, 0.1) is 0 Å². The van der Waals surface area contributed by atoms with Crippen molar-refractivity contribution in [1.82, 2.24) is 10.2 Å². The van der Waals surface area contributed by atoms with Gasteiger partial charge in [-0.05, 0) is 45.2 Å². The average molecular weight is 198 g/mol. The second-order valence-electron chi connectivity index (χ2n) is 4.60. The molecular formula is C11H22N2O. The van der Waals surface area contributed by atoms with Crippen molar-refractivity contribution < 1.29 is 5.11 Å². The Morgan fingerprint density at radius 3 is 2.57 bits per heavy atom. The maximum Gasteiger partial charge on any atom is 0.0541 e. The summed E-state index contributed by atoms with van der Waals surface area (Å²) >= 11 is 0. The fourth-order valence-corrected chi connectivity index (χ4v) is 2.66. The standard InChI is InChI=1S/C11H22N2O/c14-11-4-2-10(3-5-11)13-8-1-6-12-7-9-13/h10-12,14H,1-9H2. The van der Waals surface area contributed by atoms with Gasteiger partial charge >= 0.3 is 0 Å². The van der Waals surface area contributed by atoms with Crippen LogP contribution in [0.3, 0.4) is 0 Å². The molecule has 3 heteroatoms. The van der Waals surface area contributed by atoms with Crippen LogP contribution in [0.25, 0.3) is 0 Å². The molecule has 2 N–H and O–H groups in total. The molecule has 0 unspecified atom stereocenters. The van der Waals surface area contributed by atoms with Gasteiger partial charge in [0.25, 0.3) is 0 Å². The van der Waals surface area contributed by atoms with Crippen molar-refractivity contribution >= 4 is 0 Å². The van der Waals surface area contributed by atoms with Crippen LogP contribution in [-0.4, -0.2) is 48.3 Å². The van der Waals surface area contributed by atoms with Gasteiger partial charge in [0.05, 0.1) is 6.10 Å². The van der Waals surface area contributed by atoms with Crippen LogP contribution in [0.4, 0.5) is 0 Å². The lowest BCUT2D eigenvalue weighted by atomic mass is 9.92. The van der Waals surface area contributed by atoms with Gasteiger partial charge in [-0.25, -0.2) is 0 Å². The van der Waals surface area contributed by atoms with Gasteiger partial charge in [-0.1, -0.05) is 0 Å². The van der Waals surface area contributed by atoms with Gasteiger partial charge < -0.3 is 10.4 Å². The zero-order chi connectivity index (χ0) is 9.80. The third-order valence-electron chi connectivity index (χ3n) is 3.56. The topological polar surface area (TPSA) is 35.5 Å². The summed E-state index contributed by atoms with van der Waals surface area (Å²) < 4.78 is 0. The highest BCUT2D eigenvalue weighted by molar-refractivity contribution is 4.80. The smallest absolute Gasteiger partial charge is 0.0541 e. The molecule has 0 aromatic carbocycles. The maximum atomic E-state index is 9.45. The molecule has 2 fully saturated rings. The van der Waals surface area contributed by atoms with Gasteiger partial charge in [0.2, 0.25) is 0 Å². The molecule has 14 heavy (non-hydrogen) atoms. The van der Waals surface area contributed by atoms with E-state index in [2.05, 4.69) is 10.2 Å². The van der Waals surface area contributed by atoms with E-state index < -0.39 is 0 Å². The number of rotatable bonds is 1. The lowest BCUT2D eigenvalue weighted by Crippen LogP contribution is -2.40. The molecule has 0 spiro atoms. The van der Waals surface area contributed by atoms with Crippen molar-refractivity contribution in [3.63, 3.8) is 0 Å². The molecule has 0 aromatic rings. The Morgan fingerprint density at radius 1 is 1.00 bits per heavy atom. The van der Waals surface area contributed by atoms with E-state index in [-0.39, 0.29) is 6.10 Å². The average Bonchev–Trinajstić information content (AvgIpc) is 2.47. The Hall–Kier alpha value is -0.120. The second-order valence-corrected chi connectivity index (χ2v) is 4.60. The number of hydrogen-bond acceptors (Lipinski definition) is 3. The first kappa shape index (κ1) is 10.4. The Bertz CT molecular complexity index is 159. The van der Waals surface area contributed by atoms with Gasteiger partial charge in [-0.15, -0.1) is 0 Å². The van der Waals surface area contributed by atoms with Crippen LogP contribution in [0.2, 0.25) is 0 Å². The summed E-state index contributed by atoms with van der Waals surface area (Å²) in [6, 6.07) is 0.748. The minimum Gasteiger partial charge on any atom is -0.393 e. The molecule has 0 radical (unpaired) electrons. The first-order chi connectivity index (χ1) is 6.86. The lowest BCUT2D eigenvalue weighted by molar-refractivity contribution is 0.0765. The largest absolute Gasteiger partial charge is 0.393 e. The molecule has 2 rings (SSSR count). The molecule has 3 nitrogen and oxygen atoms in total. The van der Waals surface area contributed by atoms with E-state index in [1.54, 1.807) is 0 Å². The van der Waals surface area contributed by atoms with Crippen molar-refractivity contribution in [2.24, 2.45) is 0 Å². The number of aliphatic hydroxyl groups is 1. The highest BCUT2D eigenvalue weighted by atomic mass is 16.3. The van der Waals surface area contributed by atoms with E-state index in [0.717, 1.165) is 25.4 Å². The van der Waals surface area contributed by atoms with E-state index >= 15 is 0 Å². The van der Waals surface area contributed by atoms with Gasteiger partial charge in [0.1, 0.15) is 0 Å². The molecule has 1 aliphatic heterocycles. The molecule has 0 atom stereocenters. The van der Waals surface area contributed by atoms with Gasteiger partial charge in [0, 0.05) is 19.1 Å². The highest BCUT2D eigenvalue weighted by Crippen LogP contribution is 2.23. The summed E-state index contributed by atoms with van der Waals surface area (Å²) in [4.78, 5) is 2.62. The van der Waals surface area contributed by atoms with E-state index in [0.29, 0.717) is 0 Å². The molecule has 0 aromatic heterocycles. The van der Waals surface area contributed by atoms with Crippen molar-refractivity contribution in [2.45, 2.75) is 44.2 Å². The summed E-state index contributed by atoms with van der Waals surface area (Å²) in [6.07, 6.45) is 5.67. The zero-order valence-corrected chi connectivity index (χ0v) is 8.91. The van der Waals surface area contributed by atoms with E-state index in [4.69, 9.17) is 0 Å². The maximum absolute atomic E-state index is 9.45. The van der Waals surface area contributed by atoms with Crippen LogP contribution >= 0.6 is 0 Å². The molecule has 1 heterocycles. The van der Waals surface area contributed by atoms with E-state index in [1.807, 2.05) is 0 Å². The highest BCUT2D eigenvalue weighted by Gasteiger charge is 2.24. The predicted octanol–water partition coefficient (Wildman–Crippen LogP) is 0.585. The minimum atomic E-state index is -0.0173. The molecule has 1 saturated heterocycles. The first-order valence-electron chi connectivity index (χ1n) is 5.99. The summed E-state index contributed by atoms with van der Waals surface area (Å²) in [5.74, 6) is 0. The van der Waals surface area contributed by atoms with Gasteiger partial charge in [-0.3, -0.25) is 4.90 Å². The zero-order valence-electron chi connectivity index (χ0n) is 8.91. The quantitative estimate of drug-likeness (QED) is 0.647. The van der Waals surface area contributed by atoms with Gasteiger partial charge in [0.15, 0.2) is 0 Å². The van der Waals surface area contributed by atoms with Crippen molar-refractivity contribution in [3.8, 4) is 0 Å².